The van der Waals surface area contributed by atoms with E-state index in [9.17, 15) is 0 Å². The molecule has 0 aromatic carbocycles. The Kier molecular flexibility index (Phi) is 3.44. The standard InChI is InChI=1S/C7H6Cl3N/c8-6(9)3-5-1-2-7(10)11-4-5/h1-2,4,6H,3H2. The minimum atomic E-state index is -0.377. The lowest BCUT2D eigenvalue weighted by atomic mass is 10.2. The number of alkyl halides is 2. The van der Waals surface area contributed by atoms with Gasteiger partial charge in [-0.15, -0.1) is 23.2 Å². The van der Waals surface area contributed by atoms with E-state index >= 15 is 0 Å². The van der Waals surface area contributed by atoms with Gasteiger partial charge in [0.2, 0.25) is 0 Å². The Hall–Kier alpha value is 0.0200. The fourth-order valence-corrected chi connectivity index (χ4v) is 1.17. The van der Waals surface area contributed by atoms with Crippen LogP contribution in [-0.2, 0) is 6.42 Å². The predicted molar refractivity (Wildman–Crippen MR) is 48.4 cm³/mol. The first kappa shape index (κ1) is 9.11. The highest BCUT2D eigenvalue weighted by Gasteiger charge is 2.00. The lowest BCUT2D eigenvalue weighted by molar-refractivity contribution is 1.06. The van der Waals surface area contributed by atoms with Gasteiger partial charge in [0, 0.05) is 12.6 Å². The van der Waals surface area contributed by atoms with Gasteiger partial charge in [0.15, 0.2) is 0 Å². The second kappa shape index (κ2) is 4.15. The molecule has 0 unspecified atom stereocenters. The molecule has 0 bridgehead atoms. The van der Waals surface area contributed by atoms with Gasteiger partial charge < -0.3 is 0 Å². The van der Waals surface area contributed by atoms with Crippen LogP contribution >= 0.6 is 34.8 Å². The summed E-state index contributed by atoms with van der Waals surface area (Å²) >= 11 is 16.7. The van der Waals surface area contributed by atoms with E-state index < -0.39 is 0 Å². The molecule has 11 heavy (non-hydrogen) atoms. The maximum Gasteiger partial charge on any atom is 0.129 e. The van der Waals surface area contributed by atoms with E-state index in [2.05, 4.69) is 4.98 Å². The molecule has 0 saturated carbocycles. The van der Waals surface area contributed by atoms with Crippen molar-refractivity contribution in [2.45, 2.75) is 11.3 Å². The Balaban J connectivity index is 2.66. The second-order valence-corrected chi connectivity index (χ2v) is 3.75. The number of rotatable bonds is 2. The summed E-state index contributed by atoms with van der Waals surface area (Å²) in [5, 5.41) is 0.481. The van der Waals surface area contributed by atoms with Gasteiger partial charge in [-0.3, -0.25) is 0 Å². The number of pyridine rings is 1. The number of nitrogens with zero attached hydrogens (tertiary/aromatic N) is 1. The zero-order valence-electron chi connectivity index (χ0n) is 5.60. The van der Waals surface area contributed by atoms with Gasteiger partial charge in [0.25, 0.3) is 0 Å². The van der Waals surface area contributed by atoms with Crippen LogP contribution in [0, 0.1) is 0 Å². The van der Waals surface area contributed by atoms with Crippen molar-refractivity contribution in [3.63, 3.8) is 0 Å². The van der Waals surface area contributed by atoms with Gasteiger partial charge in [-0.25, -0.2) is 4.98 Å². The summed E-state index contributed by atoms with van der Waals surface area (Å²) in [5.74, 6) is 0. The molecule has 0 spiro atoms. The molecule has 1 aromatic heterocycles. The molecule has 0 aliphatic rings. The summed E-state index contributed by atoms with van der Waals surface area (Å²) in [6.45, 7) is 0. The average Bonchev–Trinajstić information content (AvgIpc) is 1.93. The molecule has 1 heterocycles. The molecule has 1 aromatic rings. The number of hydrogen-bond donors (Lipinski definition) is 0. The molecule has 1 nitrogen and oxygen atoms in total. The normalized spacial score (nSPS) is 10.5. The van der Waals surface area contributed by atoms with Crippen molar-refractivity contribution >= 4 is 34.8 Å². The third-order valence-electron chi connectivity index (χ3n) is 1.18. The summed E-state index contributed by atoms with van der Waals surface area (Å²) in [4.78, 5) is 3.50. The van der Waals surface area contributed by atoms with Crippen LogP contribution in [0.2, 0.25) is 5.15 Å². The van der Waals surface area contributed by atoms with Crippen LogP contribution in [0.25, 0.3) is 0 Å². The summed E-state index contributed by atoms with van der Waals surface area (Å²) in [5.41, 5.74) is 0.990. The summed E-state index contributed by atoms with van der Waals surface area (Å²) in [6, 6.07) is 3.57. The van der Waals surface area contributed by atoms with Crippen LogP contribution < -0.4 is 0 Å². The Labute approximate surface area is 80.3 Å². The van der Waals surface area contributed by atoms with Gasteiger partial charge in [-0.1, -0.05) is 17.7 Å². The Bertz CT molecular complexity index is 220. The first-order chi connectivity index (χ1) is 5.18. The predicted octanol–water partition coefficient (Wildman–Crippen LogP) is 3.08. The molecule has 1 rings (SSSR count). The quantitative estimate of drug-likeness (QED) is 0.540. The molecule has 0 aliphatic carbocycles. The average molecular weight is 210 g/mol. The van der Waals surface area contributed by atoms with E-state index in [0.717, 1.165) is 5.56 Å². The van der Waals surface area contributed by atoms with Gasteiger partial charge in [0.1, 0.15) is 9.99 Å². The molecule has 0 aliphatic heterocycles. The van der Waals surface area contributed by atoms with E-state index in [1.165, 1.54) is 0 Å². The first-order valence-corrected chi connectivity index (χ1v) is 4.32. The van der Waals surface area contributed by atoms with Crippen LogP contribution in [0.5, 0.6) is 0 Å². The van der Waals surface area contributed by atoms with Gasteiger partial charge >= 0.3 is 0 Å². The maximum atomic E-state index is 5.57. The van der Waals surface area contributed by atoms with Crippen molar-refractivity contribution in [2.75, 3.05) is 0 Å². The fourth-order valence-electron chi connectivity index (χ4n) is 0.705. The first-order valence-electron chi connectivity index (χ1n) is 3.07. The molecule has 0 radical (unpaired) electrons. The van der Waals surface area contributed by atoms with Gasteiger partial charge in [0.05, 0.1) is 0 Å². The Morgan fingerprint density at radius 3 is 2.55 bits per heavy atom. The van der Waals surface area contributed by atoms with Crippen LogP contribution in [0.3, 0.4) is 0 Å². The van der Waals surface area contributed by atoms with Crippen molar-refractivity contribution in [3.8, 4) is 0 Å². The summed E-state index contributed by atoms with van der Waals surface area (Å²) < 4.78 is 0. The smallest absolute Gasteiger partial charge is 0.129 e. The lowest BCUT2D eigenvalue weighted by Crippen LogP contribution is -1.94. The third kappa shape index (κ3) is 3.28. The van der Waals surface area contributed by atoms with Gasteiger partial charge in [-0.2, -0.15) is 0 Å². The summed E-state index contributed by atoms with van der Waals surface area (Å²) in [7, 11) is 0. The van der Waals surface area contributed by atoms with Crippen molar-refractivity contribution in [1.29, 1.82) is 0 Å². The minimum Gasteiger partial charge on any atom is -0.244 e. The molecule has 0 fully saturated rings. The van der Waals surface area contributed by atoms with Crippen molar-refractivity contribution in [1.82, 2.24) is 4.98 Å². The van der Waals surface area contributed by atoms with E-state index in [4.69, 9.17) is 34.8 Å². The number of aromatic nitrogens is 1. The largest absolute Gasteiger partial charge is 0.244 e. The lowest BCUT2D eigenvalue weighted by Gasteiger charge is -1.99. The molecular formula is C7H6Cl3N. The minimum absolute atomic E-state index is 0.377. The van der Waals surface area contributed by atoms with Crippen molar-refractivity contribution in [3.05, 3.63) is 29.0 Å². The molecule has 0 saturated heterocycles. The highest BCUT2D eigenvalue weighted by molar-refractivity contribution is 6.44. The van der Waals surface area contributed by atoms with Crippen LogP contribution in [0.1, 0.15) is 5.56 Å². The summed E-state index contributed by atoms with van der Waals surface area (Å²) in [6.07, 6.45) is 2.27. The second-order valence-electron chi connectivity index (χ2n) is 2.08. The highest BCUT2D eigenvalue weighted by Crippen LogP contribution is 2.12. The molecule has 4 heteroatoms. The van der Waals surface area contributed by atoms with Crippen molar-refractivity contribution in [2.24, 2.45) is 0 Å². The van der Waals surface area contributed by atoms with Gasteiger partial charge in [-0.05, 0) is 11.6 Å². The molecule has 0 atom stereocenters. The van der Waals surface area contributed by atoms with Crippen molar-refractivity contribution < 1.29 is 0 Å². The molecule has 60 valence electrons. The number of halogens is 3. The monoisotopic (exact) mass is 209 g/mol. The molecular weight excluding hydrogens is 204 g/mol. The van der Waals surface area contributed by atoms with Crippen LogP contribution in [0.15, 0.2) is 18.3 Å². The maximum absolute atomic E-state index is 5.57. The fraction of sp³-hybridized carbons (Fsp3) is 0.286. The highest BCUT2D eigenvalue weighted by atomic mass is 35.5. The van der Waals surface area contributed by atoms with Crippen LogP contribution in [0.4, 0.5) is 0 Å². The third-order valence-corrected chi connectivity index (χ3v) is 1.71. The zero-order valence-corrected chi connectivity index (χ0v) is 7.87. The number of hydrogen-bond acceptors (Lipinski definition) is 1. The topological polar surface area (TPSA) is 12.9 Å². The van der Waals surface area contributed by atoms with E-state index in [-0.39, 0.29) is 4.84 Å². The van der Waals surface area contributed by atoms with E-state index in [0.29, 0.717) is 11.6 Å². The Morgan fingerprint density at radius 2 is 2.09 bits per heavy atom. The zero-order chi connectivity index (χ0) is 8.27. The van der Waals surface area contributed by atoms with E-state index in [1.54, 1.807) is 12.3 Å². The molecule has 0 amide bonds. The van der Waals surface area contributed by atoms with E-state index in [1.807, 2.05) is 6.07 Å². The Morgan fingerprint density at radius 1 is 1.36 bits per heavy atom. The molecule has 0 N–H and O–H groups in total. The van der Waals surface area contributed by atoms with Crippen LogP contribution in [-0.4, -0.2) is 9.82 Å². The SMILES string of the molecule is Clc1ccc(CC(Cl)Cl)cn1.